The average molecular weight is 219 g/mol. The molecule has 0 saturated heterocycles. The summed E-state index contributed by atoms with van der Waals surface area (Å²) in [7, 11) is 0. The Morgan fingerprint density at radius 1 is 1.38 bits per heavy atom. The van der Waals surface area contributed by atoms with E-state index >= 15 is 0 Å². The van der Waals surface area contributed by atoms with Gasteiger partial charge in [-0.15, -0.1) is 0 Å². The van der Waals surface area contributed by atoms with Crippen LogP contribution in [0.25, 0.3) is 0 Å². The number of rotatable bonds is 5. The van der Waals surface area contributed by atoms with Crippen LogP contribution < -0.4 is 5.32 Å². The van der Waals surface area contributed by atoms with Gasteiger partial charge in [0.1, 0.15) is 0 Å². The van der Waals surface area contributed by atoms with Crippen LogP contribution >= 0.6 is 0 Å². The first-order valence-corrected chi connectivity index (χ1v) is 6.24. The van der Waals surface area contributed by atoms with E-state index in [0.717, 1.165) is 29.8 Å². The van der Waals surface area contributed by atoms with Crippen molar-refractivity contribution in [2.45, 2.75) is 46.0 Å². The average Bonchev–Trinajstić information content (AvgIpc) is 3.01. The lowest BCUT2D eigenvalue weighted by Crippen LogP contribution is -2.08. The molecular weight excluding hydrogens is 198 g/mol. The number of aromatic nitrogens is 2. The third kappa shape index (κ3) is 3.19. The first kappa shape index (κ1) is 11.4. The highest BCUT2D eigenvalue weighted by atomic mass is 15.1. The minimum atomic E-state index is 0.464. The van der Waals surface area contributed by atoms with Gasteiger partial charge in [0.15, 0.2) is 0 Å². The number of nitrogens with one attached hydrogen (secondary N) is 1. The predicted octanol–water partition coefficient (Wildman–Crippen LogP) is 3.12. The number of nitrogens with zero attached hydrogens (tertiary/aromatic N) is 2. The molecule has 1 fully saturated rings. The number of hydrogen-bond acceptors (Lipinski definition) is 3. The Bertz CT molecular complexity index is 356. The number of hydrogen-bond donors (Lipinski definition) is 1. The molecule has 0 spiro atoms. The minimum absolute atomic E-state index is 0.464. The molecule has 16 heavy (non-hydrogen) atoms. The van der Waals surface area contributed by atoms with Crippen LogP contribution in [0.1, 0.15) is 50.4 Å². The fraction of sp³-hybridized carbons (Fsp3) is 0.692. The maximum atomic E-state index is 4.53. The molecule has 0 unspecified atom stereocenters. The van der Waals surface area contributed by atoms with Gasteiger partial charge in [0.25, 0.3) is 0 Å². The highest BCUT2D eigenvalue weighted by Crippen LogP contribution is 2.31. The Labute approximate surface area is 97.7 Å². The van der Waals surface area contributed by atoms with Gasteiger partial charge in [0, 0.05) is 17.9 Å². The topological polar surface area (TPSA) is 37.8 Å². The highest BCUT2D eigenvalue weighted by molar-refractivity contribution is 5.29. The lowest BCUT2D eigenvalue weighted by Gasteiger charge is -2.09. The van der Waals surface area contributed by atoms with Crippen molar-refractivity contribution in [1.29, 1.82) is 0 Å². The van der Waals surface area contributed by atoms with E-state index in [1.54, 1.807) is 0 Å². The third-order valence-electron chi connectivity index (χ3n) is 3.00. The van der Waals surface area contributed by atoms with Crippen molar-refractivity contribution in [3.63, 3.8) is 0 Å². The van der Waals surface area contributed by atoms with Crippen LogP contribution in [-0.4, -0.2) is 16.5 Å². The molecule has 1 aromatic heterocycles. The number of anilines is 1. The summed E-state index contributed by atoms with van der Waals surface area (Å²) in [5.41, 5.74) is 2.18. The second-order valence-electron chi connectivity index (χ2n) is 5.07. The standard InChI is InChI=1S/C13H21N3/c1-9(2)12-8-10(3)15-13(16-12)14-7-6-11-4-5-11/h8-9,11H,4-7H2,1-3H3,(H,14,15,16). The molecule has 1 aliphatic rings. The Hall–Kier alpha value is -1.12. The van der Waals surface area contributed by atoms with E-state index in [2.05, 4.69) is 35.2 Å². The molecule has 1 aliphatic carbocycles. The molecule has 3 nitrogen and oxygen atoms in total. The summed E-state index contributed by atoms with van der Waals surface area (Å²) in [5.74, 6) is 2.22. The molecular formula is C13H21N3. The van der Waals surface area contributed by atoms with E-state index in [4.69, 9.17) is 0 Å². The van der Waals surface area contributed by atoms with Crippen LogP contribution in [0, 0.1) is 12.8 Å². The lowest BCUT2D eigenvalue weighted by atomic mass is 10.1. The van der Waals surface area contributed by atoms with Crippen LogP contribution in [0.5, 0.6) is 0 Å². The molecule has 1 heterocycles. The summed E-state index contributed by atoms with van der Waals surface area (Å²) >= 11 is 0. The fourth-order valence-corrected chi connectivity index (χ4v) is 1.76. The van der Waals surface area contributed by atoms with Gasteiger partial charge in [-0.25, -0.2) is 9.97 Å². The highest BCUT2D eigenvalue weighted by Gasteiger charge is 2.20. The summed E-state index contributed by atoms with van der Waals surface area (Å²) in [6.45, 7) is 7.36. The van der Waals surface area contributed by atoms with Gasteiger partial charge in [0.05, 0.1) is 0 Å². The number of aryl methyl sites for hydroxylation is 1. The van der Waals surface area contributed by atoms with Crippen molar-refractivity contribution in [3.05, 3.63) is 17.5 Å². The van der Waals surface area contributed by atoms with Crippen LogP contribution in [0.15, 0.2) is 6.07 Å². The zero-order valence-electron chi connectivity index (χ0n) is 10.5. The lowest BCUT2D eigenvalue weighted by molar-refractivity contribution is 0.750. The summed E-state index contributed by atoms with van der Waals surface area (Å²) in [4.78, 5) is 8.94. The van der Waals surface area contributed by atoms with Gasteiger partial charge in [-0.1, -0.05) is 26.7 Å². The van der Waals surface area contributed by atoms with Gasteiger partial charge in [0.2, 0.25) is 5.95 Å². The first-order valence-electron chi connectivity index (χ1n) is 6.24. The summed E-state index contributed by atoms with van der Waals surface area (Å²) in [6.07, 6.45) is 4.08. The van der Waals surface area contributed by atoms with Gasteiger partial charge < -0.3 is 5.32 Å². The van der Waals surface area contributed by atoms with Crippen LogP contribution in [0.2, 0.25) is 0 Å². The largest absolute Gasteiger partial charge is 0.354 e. The van der Waals surface area contributed by atoms with Crippen LogP contribution in [0.4, 0.5) is 5.95 Å². The van der Waals surface area contributed by atoms with Gasteiger partial charge >= 0.3 is 0 Å². The van der Waals surface area contributed by atoms with E-state index in [0.29, 0.717) is 5.92 Å². The first-order chi connectivity index (χ1) is 7.65. The van der Waals surface area contributed by atoms with E-state index < -0.39 is 0 Å². The molecule has 1 saturated carbocycles. The van der Waals surface area contributed by atoms with E-state index in [-0.39, 0.29) is 0 Å². The summed E-state index contributed by atoms with van der Waals surface area (Å²) in [6, 6.07) is 2.07. The Balaban J connectivity index is 1.95. The second-order valence-corrected chi connectivity index (χ2v) is 5.07. The maximum absolute atomic E-state index is 4.53. The molecule has 0 radical (unpaired) electrons. The summed E-state index contributed by atoms with van der Waals surface area (Å²) < 4.78 is 0. The van der Waals surface area contributed by atoms with Crippen molar-refractivity contribution in [2.24, 2.45) is 5.92 Å². The van der Waals surface area contributed by atoms with Crippen molar-refractivity contribution >= 4 is 5.95 Å². The van der Waals surface area contributed by atoms with Crippen molar-refractivity contribution in [2.75, 3.05) is 11.9 Å². The molecule has 1 N–H and O–H groups in total. The van der Waals surface area contributed by atoms with Gasteiger partial charge in [-0.05, 0) is 31.2 Å². The van der Waals surface area contributed by atoms with Crippen molar-refractivity contribution < 1.29 is 0 Å². The summed E-state index contributed by atoms with van der Waals surface area (Å²) in [5, 5.41) is 3.33. The smallest absolute Gasteiger partial charge is 0.223 e. The molecule has 0 atom stereocenters. The molecule has 2 rings (SSSR count). The fourth-order valence-electron chi connectivity index (χ4n) is 1.76. The maximum Gasteiger partial charge on any atom is 0.223 e. The van der Waals surface area contributed by atoms with Crippen LogP contribution in [0.3, 0.4) is 0 Å². The van der Waals surface area contributed by atoms with Crippen LogP contribution in [-0.2, 0) is 0 Å². The normalized spacial score (nSPS) is 15.5. The third-order valence-corrected chi connectivity index (χ3v) is 3.00. The molecule has 0 amide bonds. The van der Waals surface area contributed by atoms with E-state index in [1.165, 1.54) is 19.3 Å². The molecule has 88 valence electrons. The van der Waals surface area contributed by atoms with E-state index in [9.17, 15) is 0 Å². The SMILES string of the molecule is Cc1cc(C(C)C)nc(NCCC2CC2)n1. The zero-order chi connectivity index (χ0) is 11.5. The van der Waals surface area contributed by atoms with Gasteiger partial charge in [-0.3, -0.25) is 0 Å². The monoisotopic (exact) mass is 219 g/mol. The molecule has 0 bridgehead atoms. The predicted molar refractivity (Wildman–Crippen MR) is 66.7 cm³/mol. The Morgan fingerprint density at radius 3 is 2.75 bits per heavy atom. The second kappa shape index (κ2) is 4.81. The molecule has 3 heteroatoms. The molecule has 1 aromatic rings. The van der Waals surface area contributed by atoms with Gasteiger partial charge in [-0.2, -0.15) is 0 Å². The zero-order valence-corrected chi connectivity index (χ0v) is 10.5. The minimum Gasteiger partial charge on any atom is -0.354 e. The van der Waals surface area contributed by atoms with E-state index in [1.807, 2.05) is 6.92 Å². The Kier molecular flexibility index (Phi) is 3.42. The molecule has 0 aliphatic heterocycles. The quantitative estimate of drug-likeness (QED) is 0.826. The van der Waals surface area contributed by atoms with Crippen molar-refractivity contribution in [3.8, 4) is 0 Å². The molecule has 0 aromatic carbocycles. The Morgan fingerprint density at radius 2 is 2.12 bits per heavy atom. The van der Waals surface area contributed by atoms with Crippen molar-refractivity contribution in [1.82, 2.24) is 9.97 Å².